The number of pyridine rings is 1. The highest BCUT2D eigenvalue weighted by Gasteiger charge is 2.51. The maximum atomic E-state index is 13.5. The Hall–Kier alpha value is -1.53. The van der Waals surface area contributed by atoms with Gasteiger partial charge in [0.1, 0.15) is 5.82 Å². The van der Waals surface area contributed by atoms with Crippen LogP contribution in [0.25, 0.3) is 0 Å². The van der Waals surface area contributed by atoms with Crippen molar-refractivity contribution in [3.05, 3.63) is 17.3 Å². The number of amides is 1. The Kier molecular flexibility index (Phi) is 5.56. The quantitative estimate of drug-likeness (QED) is 0.792. The molecular weight excluding hydrogens is 400 g/mol. The zero-order valence-corrected chi connectivity index (χ0v) is 18.5. The summed E-state index contributed by atoms with van der Waals surface area (Å²) in [6.07, 6.45) is 10.6. The first-order valence-corrected chi connectivity index (χ1v) is 12.1. The van der Waals surface area contributed by atoms with Gasteiger partial charge in [-0.1, -0.05) is 11.6 Å². The lowest BCUT2D eigenvalue weighted by atomic mass is 9.78. The Morgan fingerprint density at radius 1 is 1.00 bits per heavy atom. The number of hydrogen-bond donors (Lipinski definition) is 1. The number of rotatable bonds is 3. The number of nitrogens with zero attached hydrogens (tertiary/aromatic N) is 4. The standard InChI is InChI=1S/C23H33ClN4O2/c24-20-14-18(26-10-1-2-11-26)15-25-21(20)27-12-3-8-23(16-27)9-13-28(22(23)30)17-4-6-19(29)7-5-17/h14-15,17,19,29H,1-13,16H2/t17-,19-,23-/m0/s1. The van der Waals surface area contributed by atoms with E-state index in [1.807, 2.05) is 12.3 Å². The maximum absolute atomic E-state index is 13.5. The van der Waals surface area contributed by atoms with Gasteiger partial charge in [0.25, 0.3) is 0 Å². The van der Waals surface area contributed by atoms with Gasteiger partial charge in [0.05, 0.1) is 28.4 Å². The van der Waals surface area contributed by atoms with Gasteiger partial charge in [-0.2, -0.15) is 0 Å². The van der Waals surface area contributed by atoms with Gasteiger partial charge >= 0.3 is 0 Å². The molecule has 164 valence electrons. The first kappa shape index (κ1) is 20.4. The summed E-state index contributed by atoms with van der Waals surface area (Å²) < 4.78 is 0. The van der Waals surface area contributed by atoms with Crippen LogP contribution in [0, 0.1) is 5.41 Å². The molecule has 1 saturated carbocycles. The van der Waals surface area contributed by atoms with E-state index in [-0.39, 0.29) is 11.5 Å². The Balaban J connectivity index is 1.30. The number of carbonyl (C=O) groups excluding carboxylic acids is 1. The van der Waals surface area contributed by atoms with Crippen LogP contribution in [0.1, 0.15) is 57.8 Å². The van der Waals surface area contributed by atoms with E-state index in [0.717, 1.165) is 82.6 Å². The molecular formula is C23H33ClN4O2. The van der Waals surface area contributed by atoms with Crippen molar-refractivity contribution in [2.24, 2.45) is 5.41 Å². The summed E-state index contributed by atoms with van der Waals surface area (Å²) in [5, 5.41) is 10.5. The summed E-state index contributed by atoms with van der Waals surface area (Å²) in [5.41, 5.74) is 0.808. The Morgan fingerprint density at radius 2 is 1.73 bits per heavy atom. The summed E-state index contributed by atoms with van der Waals surface area (Å²) in [6, 6.07) is 2.35. The molecule has 1 aromatic rings. The molecule has 1 aromatic heterocycles. The Morgan fingerprint density at radius 3 is 2.47 bits per heavy atom. The summed E-state index contributed by atoms with van der Waals surface area (Å²) in [7, 11) is 0. The van der Waals surface area contributed by atoms with Crippen LogP contribution < -0.4 is 9.80 Å². The predicted octanol–water partition coefficient (Wildman–Crippen LogP) is 3.46. The van der Waals surface area contributed by atoms with Crippen molar-refractivity contribution < 1.29 is 9.90 Å². The molecule has 3 aliphatic heterocycles. The maximum Gasteiger partial charge on any atom is 0.230 e. The van der Waals surface area contributed by atoms with Gasteiger partial charge in [0.2, 0.25) is 5.91 Å². The largest absolute Gasteiger partial charge is 0.393 e. The molecule has 0 aromatic carbocycles. The van der Waals surface area contributed by atoms with Crippen molar-refractivity contribution in [1.82, 2.24) is 9.88 Å². The summed E-state index contributed by atoms with van der Waals surface area (Å²) in [4.78, 5) is 25.0. The van der Waals surface area contributed by atoms with Gasteiger partial charge < -0.3 is 19.8 Å². The third-order valence-corrected chi connectivity index (χ3v) is 8.09. The van der Waals surface area contributed by atoms with Gasteiger partial charge in [-0.05, 0) is 63.9 Å². The second-order valence-corrected chi connectivity index (χ2v) is 10.1. The van der Waals surface area contributed by atoms with E-state index in [4.69, 9.17) is 16.6 Å². The molecule has 5 rings (SSSR count). The van der Waals surface area contributed by atoms with E-state index >= 15 is 0 Å². The SMILES string of the molecule is O=C1N([C@H]2CC[C@H](O)CC2)CC[C@]12CCCN(c1ncc(N3CCCC3)cc1Cl)C2. The predicted molar refractivity (Wildman–Crippen MR) is 119 cm³/mol. The zero-order chi connectivity index (χ0) is 20.7. The topological polar surface area (TPSA) is 59.9 Å². The van der Waals surface area contributed by atoms with Gasteiger partial charge in [0.15, 0.2) is 0 Å². The summed E-state index contributed by atoms with van der Waals surface area (Å²) in [6.45, 7) is 4.62. The van der Waals surface area contributed by atoms with Crippen LogP contribution in [0.3, 0.4) is 0 Å². The first-order valence-electron chi connectivity index (χ1n) is 11.7. The number of aliphatic hydroxyl groups is 1. The highest BCUT2D eigenvalue weighted by Crippen LogP contribution is 2.44. The normalized spacial score (nSPS) is 32.5. The number of carbonyl (C=O) groups is 1. The fourth-order valence-electron chi connectivity index (χ4n) is 6.06. The lowest BCUT2D eigenvalue weighted by Gasteiger charge is -2.41. The molecule has 1 aliphatic carbocycles. The highest BCUT2D eigenvalue weighted by molar-refractivity contribution is 6.33. The summed E-state index contributed by atoms with van der Waals surface area (Å²) in [5.74, 6) is 1.14. The molecule has 7 heteroatoms. The van der Waals surface area contributed by atoms with Gasteiger partial charge in [-0.15, -0.1) is 0 Å². The molecule has 0 radical (unpaired) electrons. The third-order valence-electron chi connectivity index (χ3n) is 7.81. The minimum absolute atomic E-state index is 0.185. The first-order chi connectivity index (χ1) is 14.6. The number of aromatic nitrogens is 1. The monoisotopic (exact) mass is 432 g/mol. The average Bonchev–Trinajstić information content (AvgIpc) is 3.39. The van der Waals surface area contributed by atoms with E-state index in [0.29, 0.717) is 23.5 Å². The van der Waals surface area contributed by atoms with Crippen molar-refractivity contribution in [3.8, 4) is 0 Å². The number of piperidine rings is 1. The van der Waals surface area contributed by atoms with Crippen LogP contribution in [-0.2, 0) is 4.79 Å². The number of hydrogen-bond acceptors (Lipinski definition) is 5. The smallest absolute Gasteiger partial charge is 0.230 e. The van der Waals surface area contributed by atoms with Crippen LogP contribution in [0.5, 0.6) is 0 Å². The molecule has 6 nitrogen and oxygen atoms in total. The third kappa shape index (κ3) is 3.66. The molecule has 3 saturated heterocycles. The van der Waals surface area contributed by atoms with Crippen LogP contribution in [0.4, 0.5) is 11.5 Å². The van der Waals surface area contributed by atoms with Gasteiger partial charge in [-0.25, -0.2) is 4.98 Å². The van der Waals surface area contributed by atoms with Crippen molar-refractivity contribution in [3.63, 3.8) is 0 Å². The summed E-state index contributed by atoms with van der Waals surface area (Å²) >= 11 is 6.69. The van der Waals surface area contributed by atoms with Crippen LogP contribution >= 0.6 is 11.6 Å². The average molecular weight is 433 g/mol. The minimum atomic E-state index is -0.299. The zero-order valence-electron chi connectivity index (χ0n) is 17.7. The van der Waals surface area contributed by atoms with Crippen molar-refractivity contribution in [2.75, 3.05) is 42.5 Å². The van der Waals surface area contributed by atoms with E-state index < -0.39 is 0 Å². The van der Waals surface area contributed by atoms with E-state index in [9.17, 15) is 9.90 Å². The highest BCUT2D eigenvalue weighted by atomic mass is 35.5. The van der Waals surface area contributed by atoms with Crippen LogP contribution in [-0.4, -0.2) is 65.8 Å². The molecule has 4 aliphatic rings. The lowest BCUT2D eigenvalue weighted by Crippen LogP contribution is -2.50. The fourth-order valence-corrected chi connectivity index (χ4v) is 6.34. The van der Waals surface area contributed by atoms with Crippen LogP contribution in [0.15, 0.2) is 12.3 Å². The molecule has 0 bridgehead atoms. The number of halogens is 1. The minimum Gasteiger partial charge on any atom is -0.393 e. The molecule has 1 N–H and O–H groups in total. The van der Waals surface area contributed by atoms with E-state index in [1.165, 1.54) is 12.8 Å². The molecule has 4 heterocycles. The van der Waals surface area contributed by atoms with Crippen LogP contribution in [0.2, 0.25) is 5.02 Å². The molecule has 1 atom stereocenters. The molecule has 4 fully saturated rings. The van der Waals surface area contributed by atoms with Crippen molar-refractivity contribution in [1.29, 1.82) is 0 Å². The second-order valence-electron chi connectivity index (χ2n) is 9.71. The Labute approximate surface area is 184 Å². The second kappa shape index (κ2) is 8.19. The molecule has 1 amide bonds. The fraction of sp³-hybridized carbons (Fsp3) is 0.739. The van der Waals surface area contributed by atoms with Gasteiger partial charge in [-0.3, -0.25) is 4.79 Å². The van der Waals surface area contributed by atoms with E-state index in [1.54, 1.807) is 0 Å². The Bertz CT molecular complexity index is 791. The van der Waals surface area contributed by atoms with E-state index in [2.05, 4.69) is 14.7 Å². The molecule has 0 unspecified atom stereocenters. The van der Waals surface area contributed by atoms with Crippen molar-refractivity contribution >= 4 is 29.0 Å². The number of likely N-dealkylation sites (tertiary alicyclic amines) is 1. The number of aliphatic hydroxyl groups excluding tert-OH is 1. The lowest BCUT2D eigenvalue weighted by molar-refractivity contribution is -0.139. The molecule has 30 heavy (non-hydrogen) atoms. The number of anilines is 2. The van der Waals surface area contributed by atoms with Gasteiger partial charge in [0, 0.05) is 38.8 Å². The molecule has 1 spiro atoms. The van der Waals surface area contributed by atoms with Crippen molar-refractivity contribution in [2.45, 2.75) is 69.9 Å².